The van der Waals surface area contributed by atoms with Gasteiger partial charge < -0.3 is 15.5 Å². The first-order valence-corrected chi connectivity index (χ1v) is 3.99. The highest BCUT2D eigenvalue weighted by Crippen LogP contribution is 1.95. The third kappa shape index (κ3) is 3.01. The Kier molecular flexibility index (Phi) is 3.48. The molecule has 0 aliphatic rings. The largest absolute Gasteiger partial charge is 0.481 e. The summed E-state index contributed by atoms with van der Waals surface area (Å²) in [6.07, 6.45) is -0.737. The number of carboxylic acids is 2. The predicted molar refractivity (Wildman–Crippen MR) is 45.3 cm³/mol. The normalized spacial score (nSPS) is 11.8. The molecule has 0 aromatic carbocycles. The van der Waals surface area contributed by atoms with Gasteiger partial charge in [0.2, 0.25) is 0 Å². The zero-order chi connectivity index (χ0) is 12.1. The minimum absolute atomic E-state index is 0.364. The van der Waals surface area contributed by atoms with Crippen molar-refractivity contribution in [1.29, 1.82) is 0 Å². The van der Waals surface area contributed by atoms with Crippen LogP contribution in [-0.2, 0) is 9.59 Å². The van der Waals surface area contributed by atoms with E-state index in [-0.39, 0.29) is 5.82 Å². The number of aliphatic carboxylic acids is 2. The molecular formula is C6H7N5O5. The Hall–Kier alpha value is -2.52. The zero-order valence-electron chi connectivity index (χ0n) is 7.75. The van der Waals surface area contributed by atoms with Crippen molar-refractivity contribution in [2.45, 2.75) is 12.5 Å². The van der Waals surface area contributed by atoms with Crippen LogP contribution in [0.4, 0.5) is 0 Å². The third-order valence-corrected chi connectivity index (χ3v) is 1.53. The van der Waals surface area contributed by atoms with Crippen LogP contribution in [0.3, 0.4) is 0 Å². The summed E-state index contributed by atoms with van der Waals surface area (Å²) in [7, 11) is 0. The van der Waals surface area contributed by atoms with Gasteiger partial charge >= 0.3 is 11.9 Å². The Morgan fingerprint density at radius 1 is 1.38 bits per heavy atom. The molecule has 0 bridgehead atoms. The van der Waals surface area contributed by atoms with Gasteiger partial charge in [0.1, 0.15) is 6.04 Å². The number of nitrogens with one attached hydrogen (secondary N) is 2. The molecule has 0 fully saturated rings. The summed E-state index contributed by atoms with van der Waals surface area (Å²) in [5.74, 6) is -4.08. The Balaban J connectivity index is 2.65. The lowest BCUT2D eigenvalue weighted by atomic mass is 10.2. The predicted octanol–water partition coefficient (Wildman–Crippen LogP) is -2.14. The molecule has 1 aromatic rings. The van der Waals surface area contributed by atoms with Crippen LogP contribution in [0.1, 0.15) is 17.0 Å². The SMILES string of the molecule is O=C(O)C[C@H](NC(=O)c1nn[nH]n1)C(=O)O. The average molecular weight is 229 g/mol. The van der Waals surface area contributed by atoms with Gasteiger partial charge in [-0.15, -0.1) is 10.2 Å². The van der Waals surface area contributed by atoms with Crippen LogP contribution in [-0.4, -0.2) is 54.7 Å². The van der Waals surface area contributed by atoms with Gasteiger partial charge in [-0.1, -0.05) is 0 Å². The molecule has 0 saturated heterocycles. The fraction of sp³-hybridized carbons (Fsp3) is 0.333. The second-order valence-electron chi connectivity index (χ2n) is 2.70. The molecule has 0 saturated carbocycles. The van der Waals surface area contributed by atoms with E-state index in [0.717, 1.165) is 0 Å². The van der Waals surface area contributed by atoms with Crippen molar-refractivity contribution in [3.63, 3.8) is 0 Å². The maximum absolute atomic E-state index is 11.2. The Labute approximate surface area is 87.7 Å². The first kappa shape index (κ1) is 11.6. The van der Waals surface area contributed by atoms with E-state index in [0.29, 0.717) is 0 Å². The highest BCUT2D eigenvalue weighted by Gasteiger charge is 2.24. The fourth-order valence-corrected chi connectivity index (χ4v) is 0.855. The van der Waals surface area contributed by atoms with Gasteiger partial charge in [0, 0.05) is 0 Å². The molecule has 1 atom stereocenters. The van der Waals surface area contributed by atoms with E-state index in [4.69, 9.17) is 10.2 Å². The number of H-pyrrole nitrogens is 1. The van der Waals surface area contributed by atoms with Crippen molar-refractivity contribution in [3.8, 4) is 0 Å². The highest BCUT2D eigenvalue weighted by molar-refractivity contribution is 5.94. The van der Waals surface area contributed by atoms with Crippen LogP contribution in [0.2, 0.25) is 0 Å². The summed E-state index contributed by atoms with van der Waals surface area (Å²) >= 11 is 0. The lowest BCUT2D eigenvalue weighted by Gasteiger charge is -2.09. The standard InChI is InChI=1S/C6H7N5O5/c12-3(13)1-2(6(15)16)7-5(14)4-8-10-11-9-4/h2H,1H2,(H,7,14)(H,12,13)(H,15,16)(H,8,9,10,11)/t2-/m0/s1. The summed E-state index contributed by atoms with van der Waals surface area (Å²) in [4.78, 5) is 32.2. The van der Waals surface area contributed by atoms with E-state index in [9.17, 15) is 14.4 Å². The topological polar surface area (TPSA) is 158 Å². The fourth-order valence-electron chi connectivity index (χ4n) is 0.855. The Morgan fingerprint density at radius 3 is 2.50 bits per heavy atom. The molecule has 86 valence electrons. The minimum atomic E-state index is -1.54. The molecule has 4 N–H and O–H groups in total. The Bertz CT molecular complexity index is 401. The number of tetrazole rings is 1. The number of carbonyl (C=O) groups excluding carboxylic acids is 1. The van der Waals surface area contributed by atoms with E-state index in [1.807, 2.05) is 10.5 Å². The number of nitrogens with zero attached hydrogens (tertiary/aromatic N) is 3. The van der Waals surface area contributed by atoms with Gasteiger partial charge in [0.05, 0.1) is 6.42 Å². The molecule has 10 nitrogen and oxygen atoms in total. The number of hydrogen-bond acceptors (Lipinski definition) is 6. The minimum Gasteiger partial charge on any atom is -0.481 e. The average Bonchev–Trinajstić information content (AvgIpc) is 2.68. The number of aromatic nitrogens is 4. The Morgan fingerprint density at radius 2 is 2.06 bits per heavy atom. The van der Waals surface area contributed by atoms with Crippen LogP contribution >= 0.6 is 0 Å². The van der Waals surface area contributed by atoms with Crippen molar-refractivity contribution in [2.75, 3.05) is 0 Å². The molecule has 0 spiro atoms. The van der Waals surface area contributed by atoms with Gasteiger partial charge in [0.25, 0.3) is 11.7 Å². The molecule has 0 aliphatic heterocycles. The first-order chi connectivity index (χ1) is 7.50. The third-order valence-electron chi connectivity index (χ3n) is 1.53. The van der Waals surface area contributed by atoms with Gasteiger partial charge in [-0.25, -0.2) is 4.79 Å². The number of amides is 1. The molecule has 10 heteroatoms. The number of carbonyl (C=O) groups is 3. The van der Waals surface area contributed by atoms with Crippen LogP contribution < -0.4 is 5.32 Å². The second kappa shape index (κ2) is 4.82. The first-order valence-electron chi connectivity index (χ1n) is 3.99. The number of rotatable bonds is 5. The summed E-state index contributed by atoms with van der Waals surface area (Å²) in [5.41, 5.74) is 0. The quantitative estimate of drug-likeness (QED) is 0.445. The van der Waals surface area contributed by atoms with Crippen molar-refractivity contribution in [3.05, 3.63) is 5.82 Å². The van der Waals surface area contributed by atoms with E-state index in [1.54, 1.807) is 0 Å². The summed E-state index contributed by atoms with van der Waals surface area (Å²) in [6, 6.07) is -1.54. The zero-order valence-corrected chi connectivity index (χ0v) is 7.75. The monoisotopic (exact) mass is 229 g/mol. The van der Waals surface area contributed by atoms with Crippen LogP contribution in [0, 0.1) is 0 Å². The number of hydrogen-bond donors (Lipinski definition) is 4. The number of aromatic amines is 1. The van der Waals surface area contributed by atoms with Crippen molar-refractivity contribution in [2.24, 2.45) is 0 Å². The van der Waals surface area contributed by atoms with Crippen LogP contribution in [0.25, 0.3) is 0 Å². The maximum atomic E-state index is 11.2. The molecular weight excluding hydrogens is 222 g/mol. The summed E-state index contributed by atoms with van der Waals surface area (Å²) in [5, 5.41) is 30.7. The van der Waals surface area contributed by atoms with Crippen molar-refractivity contribution >= 4 is 17.8 Å². The lowest BCUT2D eigenvalue weighted by Crippen LogP contribution is -2.42. The molecule has 0 radical (unpaired) electrons. The maximum Gasteiger partial charge on any atom is 0.326 e. The van der Waals surface area contributed by atoms with Crippen molar-refractivity contribution < 1.29 is 24.6 Å². The second-order valence-corrected chi connectivity index (χ2v) is 2.70. The highest BCUT2D eigenvalue weighted by atomic mass is 16.4. The smallest absolute Gasteiger partial charge is 0.326 e. The molecule has 1 heterocycles. The summed E-state index contributed by atoms with van der Waals surface area (Å²) < 4.78 is 0. The van der Waals surface area contributed by atoms with Gasteiger partial charge in [-0.3, -0.25) is 9.59 Å². The number of carboxylic acid groups (broad SMARTS) is 2. The van der Waals surface area contributed by atoms with Gasteiger partial charge in [0.15, 0.2) is 0 Å². The van der Waals surface area contributed by atoms with Crippen molar-refractivity contribution in [1.82, 2.24) is 25.9 Å². The van der Waals surface area contributed by atoms with Gasteiger partial charge in [-0.2, -0.15) is 5.21 Å². The van der Waals surface area contributed by atoms with Gasteiger partial charge in [-0.05, 0) is 5.21 Å². The lowest BCUT2D eigenvalue weighted by molar-refractivity contribution is -0.145. The molecule has 0 unspecified atom stereocenters. The van der Waals surface area contributed by atoms with E-state index in [1.165, 1.54) is 0 Å². The van der Waals surface area contributed by atoms with E-state index < -0.39 is 30.3 Å². The molecule has 16 heavy (non-hydrogen) atoms. The van der Waals surface area contributed by atoms with E-state index in [2.05, 4.69) is 15.4 Å². The molecule has 1 amide bonds. The van der Waals surface area contributed by atoms with E-state index >= 15 is 0 Å². The summed E-state index contributed by atoms with van der Waals surface area (Å²) in [6.45, 7) is 0. The molecule has 0 aliphatic carbocycles. The molecule has 1 aromatic heterocycles. The molecule has 1 rings (SSSR count). The van der Waals surface area contributed by atoms with Crippen LogP contribution in [0.15, 0.2) is 0 Å². The van der Waals surface area contributed by atoms with Crippen LogP contribution in [0.5, 0.6) is 0 Å².